The van der Waals surface area contributed by atoms with Crippen molar-refractivity contribution in [2.75, 3.05) is 0 Å². The molecule has 0 saturated carbocycles. The Balaban J connectivity index is 2.27. The Morgan fingerprint density at radius 3 is 3.06 bits per heavy atom. The first-order valence-corrected chi connectivity index (χ1v) is 5.36. The molecule has 0 aliphatic heterocycles. The summed E-state index contributed by atoms with van der Waals surface area (Å²) >= 11 is 0. The first-order chi connectivity index (χ1) is 8.28. The Bertz CT molecular complexity index is 699. The largest absolute Gasteiger partial charge is 0.460 e. The van der Waals surface area contributed by atoms with Crippen LogP contribution in [-0.2, 0) is 6.42 Å². The Labute approximate surface area is 98.4 Å². The standard InChI is InChI=1S/C14H10N2O/c15-8-9-4-5-12-11-3-1-2-10(16)7-14(11)17-13(12)6-9/h1-6H,7,16H2. The third-order valence-corrected chi connectivity index (χ3v) is 2.87. The van der Waals surface area contributed by atoms with E-state index < -0.39 is 0 Å². The molecule has 2 aromatic rings. The monoisotopic (exact) mass is 222 g/mol. The number of nitriles is 1. The van der Waals surface area contributed by atoms with Crippen LogP contribution in [0, 0.1) is 11.3 Å². The van der Waals surface area contributed by atoms with Crippen molar-refractivity contribution in [3.8, 4) is 6.07 Å². The fourth-order valence-corrected chi connectivity index (χ4v) is 2.06. The summed E-state index contributed by atoms with van der Waals surface area (Å²) in [6, 6.07) is 7.59. The van der Waals surface area contributed by atoms with Gasteiger partial charge in [-0.2, -0.15) is 5.26 Å². The molecule has 0 atom stereocenters. The van der Waals surface area contributed by atoms with Crippen LogP contribution in [0.25, 0.3) is 17.0 Å². The molecular weight excluding hydrogens is 212 g/mol. The minimum absolute atomic E-state index is 0.605. The summed E-state index contributed by atoms with van der Waals surface area (Å²) in [5.41, 5.74) is 9.01. The van der Waals surface area contributed by atoms with E-state index in [1.165, 1.54) is 0 Å². The summed E-state index contributed by atoms with van der Waals surface area (Å²) in [5, 5.41) is 9.88. The fraction of sp³-hybridized carbons (Fsp3) is 0.0714. The van der Waals surface area contributed by atoms with Crippen molar-refractivity contribution in [2.24, 2.45) is 5.73 Å². The number of nitrogens with zero attached hydrogens (tertiary/aromatic N) is 1. The van der Waals surface area contributed by atoms with E-state index in [4.69, 9.17) is 15.4 Å². The summed E-state index contributed by atoms with van der Waals surface area (Å²) in [7, 11) is 0. The van der Waals surface area contributed by atoms with Gasteiger partial charge in [0.2, 0.25) is 0 Å². The number of rotatable bonds is 0. The van der Waals surface area contributed by atoms with Crippen molar-refractivity contribution in [3.05, 3.63) is 52.9 Å². The lowest BCUT2D eigenvalue weighted by molar-refractivity contribution is 0.559. The topological polar surface area (TPSA) is 63.0 Å². The quantitative estimate of drug-likeness (QED) is 0.745. The SMILES string of the molecule is N#Cc1ccc2c3c(oc2c1)CC(N)=CC=C3. The van der Waals surface area contributed by atoms with Crippen molar-refractivity contribution in [3.63, 3.8) is 0 Å². The molecule has 0 bridgehead atoms. The molecule has 3 rings (SSSR count). The van der Waals surface area contributed by atoms with E-state index in [0.29, 0.717) is 12.0 Å². The molecule has 0 saturated heterocycles. The molecule has 0 spiro atoms. The number of furan rings is 1. The molecule has 3 nitrogen and oxygen atoms in total. The minimum Gasteiger partial charge on any atom is -0.460 e. The number of nitrogens with two attached hydrogens (primary N) is 1. The fourth-order valence-electron chi connectivity index (χ4n) is 2.06. The molecule has 1 aromatic heterocycles. The summed E-state index contributed by atoms with van der Waals surface area (Å²) < 4.78 is 5.76. The van der Waals surface area contributed by atoms with E-state index in [0.717, 1.165) is 28.0 Å². The van der Waals surface area contributed by atoms with E-state index in [1.807, 2.05) is 24.3 Å². The minimum atomic E-state index is 0.605. The van der Waals surface area contributed by atoms with E-state index in [1.54, 1.807) is 12.1 Å². The maximum Gasteiger partial charge on any atom is 0.136 e. The lowest BCUT2D eigenvalue weighted by Crippen LogP contribution is -1.99. The molecule has 1 aromatic carbocycles. The number of benzene rings is 1. The normalized spacial score (nSPS) is 13.9. The van der Waals surface area contributed by atoms with Gasteiger partial charge in [0.25, 0.3) is 0 Å². The molecule has 1 heterocycles. The van der Waals surface area contributed by atoms with Gasteiger partial charge < -0.3 is 10.2 Å². The molecule has 1 aliphatic rings. The second-order valence-electron chi connectivity index (χ2n) is 4.04. The smallest absolute Gasteiger partial charge is 0.136 e. The third kappa shape index (κ3) is 1.51. The zero-order valence-electron chi connectivity index (χ0n) is 9.10. The molecule has 1 aliphatic carbocycles. The number of hydrogen-bond acceptors (Lipinski definition) is 3. The number of hydrogen-bond donors (Lipinski definition) is 1. The first kappa shape index (κ1) is 9.73. The summed E-state index contributed by atoms with van der Waals surface area (Å²) in [6.07, 6.45) is 6.41. The van der Waals surface area contributed by atoms with Gasteiger partial charge in [-0.15, -0.1) is 0 Å². The highest BCUT2D eigenvalue weighted by Crippen LogP contribution is 2.30. The van der Waals surface area contributed by atoms with Crippen molar-refractivity contribution < 1.29 is 4.42 Å². The Morgan fingerprint density at radius 1 is 1.35 bits per heavy atom. The van der Waals surface area contributed by atoms with Gasteiger partial charge in [0, 0.05) is 23.1 Å². The van der Waals surface area contributed by atoms with Gasteiger partial charge in [-0.1, -0.05) is 12.2 Å². The van der Waals surface area contributed by atoms with Crippen molar-refractivity contribution in [1.82, 2.24) is 0 Å². The lowest BCUT2D eigenvalue weighted by Gasteiger charge is -1.95. The van der Waals surface area contributed by atoms with Crippen LogP contribution in [0.5, 0.6) is 0 Å². The second-order valence-corrected chi connectivity index (χ2v) is 4.04. The van der Waals surface area contributed by atoms with Gasteiger partial charge in [0.1, 0.15) is 11.3 Å². The highest BCUT2D eigenvalue weighted by Gasteiger charge is 2.14. The highest BCUT2D eigenvalue weighted by atomic mass is 16.3. The molecule has 82 valence electrons. The molecule has 0 radical (unpaired) electrons. The maximum atomic E-state index is 8.85. The predicted octanol–water partition coefficient (Wildman–Crippen LogP) is 2.72. The Kier molecular flexibility index (Phi) is 2.02. The zero-order valence-corrected chi connectivity index (χ0v) is 9.10. The zero-order chi connectivity index (χ0) is 11.8. The highest BCUT2D eigenvalue weighted by molar-refractivity contribution is 5.90. The molecule has 2 N–H and O–H groups in total. The third-order valence-electron chi connectivity index (χ3n) is 2.87. The van der Waals surface area contributed by atoms with Crippen molar-refractivity contribution in [2.45, 2.75) is 6.42 Å². The van der Waals surface area contributed by atoms with Crippen LogP contribution < -0.4 is 5.73 Å². The van der Waals surface area contributed by atoms with Crippen LogP contribution in [-0.4, -0.2) is 0 Å². The lowest BCUT2D eigenvalue weighted by atomic mass is 10.1. The van der Waals surface area contributed by atoms with Gasteiger partial charge in [-0.3, -0.25) is 0 Å². The molecule has 17 heavy (non-hydrogen) atoms. The van der Waals surface area contributed by atoms with Crippen LogP contribution in [0.1, 0.15) is 16.9 Å². The van der Waals surface area contributed by atoms with E-state index >= 15 is 0 Å². The predicted molar refractivity (Wildman–Crippen MR) is 65.9 cm³/mol. The van der Waals surface area contributed by atoms with Gasteiger partial charge in [-0.25, -0.2) is 0 Å². The number of allylic oxidation sites excluding steroid dienone is 3. The van der Waals surface area contributed by atoms with Crippen LogP contribution >= 0.6 is 0 Å². The van der Waals surface area contributed by atoms with Crippen LogP contribution in [0.3, 0.4) is 0 Å². The van der Waals surface area contributed by atoms with E-state index in [-0.39, 0.29) is 0 Å². The van der Waals surface area contributed by atoms with Crippen LogP contribution in [0.4, 0.5) is 0 Å². The van der Waals surface area contributed by atoms with Gasteiger partial charge in [0.05, 0.1) is 11.6 Å². The van der Waals surface area contributed by atoms with Crippen molar-refractivity contribution >= 4 is 17.0 Å². The molecule has 0 fully saturated rings. The Hall–Kier alpha value is -2.47. The molecular formula is C14H10N2O. The molecule has 0 amide bonds. The number of fused-ring (bicyclic) bond motifs is 3. The Morgan fingerprint density at radius 2 is 2.24 bits per heavy atom. The average molecular weight is 222 g/mol. The second kappa shape index (κ2) is 3.53. The van der Waals surface area contributed by atoms with E-state index in [2.05, 4.69) is 6.07 Å². The molecule has 3 heteroatoms. The summed E-state index contributed by atoms with van der Waals surface area (Å²) in [6.45, 7) is 0. The summed E-state index contributed by atoms with van der Waals surface area (Å²) in [4.78, 5) is 0. The van der Waals surface area contributed by atoms with E-state index in [9.17, 15) is 0 Å². The van der Waals surface area contributed by atoms with Crippen LogP contribution in [0.15, 0.2) is 40.5 Å². The molecule has 0 unspecified atom stereocenters. The van der Waals surface area contributed by atoms with Crippen LogP contribution in [0.2, 0.25) is 0 Å². The van der Waals surface area contributed by atoms with Gasteiger partial charge >= 0.3 is 0 Å². The van der Waals surface area contributed by atoms with Gasteiger partial charge in [-0.05, 0) is 24.3 Å². The van der Waals surface area contributed by atoms with Gasteiger partial charge in [0.15, 0.2) is 0 Å². The summed E-state index contributed by atoms with van der Waals surface area (Å²) in [5.74, 6) is 0.859. The van der Waals surface area contributed by atoms with Crippen molar-refractivity contribution in [1.29, 1.82) is 5.26 Å². The first-order valence-electron chi connectivity index (χ1n) is 5.36. The maximum absolute atomic E-state index is 8.85. The average Bonchev–Trinajstić information content (AvgIpc) is 2.55.